The van der Waals surface area contributed by atoms with Crippen molar-refractivity contribution in [3.63, 3.8) is 0 Å². The average Bonchev–Trinajstić information content (AvgIpc) is 2.40. The summed E-state index contributed by atoms with van der Waals surface area (Å²) < 4.78 is 0. The molecule has 0 spiro atoms. The monoisotopic (exact) mass is 289 g/mol. The molecule has 0 bridgehead atoms. The van der Waals surface area contributed by atoms with Gasteiger partial charge in [-0.15, -0.1) is 0 Å². The predicted molar refractivity (Wildman–Crippen MR) is 86.1 cm³/mol. The van der Waals surface area contributed by atoms with Gasteiger partial charge >= 0.3 is 0 Å². The number of aliphatic hydroxyl groups is 1. The Hall–Kier alpha value is -1.35. The fourth-order valence-electron chi connectivity index (χ4n) is 3.69. The van der Waals surface area contributed by atoms with Crippen LogP contribution in [0.1, 0.15) is 45.6 Å². The number of hydrogen-bond acceptors (Lipinski definition) is 2. The molecule has 2 rings (SSSR count). The second kappa shape index (κ2) is 6.61. The summed E-state index contributed by atoms with van der Waals surface area (Å²) in [6.45, 7) is 6.75. The Labute approximate surface area is 127 Å². The summed E-state index contributed by atoms with van der Waals surface area (Å²) in [7, 11) is 0. The number of anilines is 1. The molecule has 0 aliphatic heterocycles. The predicted octanol–water partition coefficient (Wildman–Crippen LogP) is 3.62. The van der Waals surface area contributed by atoms with E-state index in [1.54, 1.807) is 0 Å². The van der Waals surface area contributed by atoms with Crippen molar-refractivity contribution >= 4 is 11.6 Å². The molecular formula is C18H27NO2. The van der Waals surface area contributed by atoms with E-state index < -0.39 is 0 Å². The van der Waals surface area contributed by atoms with Crippen LogP contribution in [-0.2, 0) is 11.2 Å². The van der Waals surface area contributed by atoms with Crippen molar-refractivity contribution in [1.29, 1.82) is 0 Å². The third-order valence-electron chi connectivity index (χ3n) is 4.80. The van der Waals surface area contributed by atoms with E-state index in [0.717, 1.165) is 24.1 Å². The summed E-state index contributed by atoms with van der Waals surface area (Å²) in [6.07, 6.45) is 4.12. The van der Waals surface area contributed by atoms with Crippen molar-refractivity contribution in [3.05, 3.63) is 29.8 Å². The lowest BCUT2D eigenvalue weighted by atomic mass is 9.64. The van der Waals surface area contributed by atoms with Crippen LogP contribution in [0.15, 0.2) is 24.3 Å². The molecule has 2 N–H and O–H groups in total. The maximum atomic E-state index is 12.7. The average molecular weight is 289 g/mol. The van der Waals surface area contributed by atoms with Crippen molar-refractivity contribution in [2.45, 2.75) is 46.5 Å². The molecular weight excluding hydrogens is 262 g/mol. The van der Waals surface area contributed by atoms with Crippen LogP contribution in [0.3, 0.4) is 0 Å². The topological polar surface area (TPSA) is 49.3 Å². The van der Waals surface area contributed by atoms with Crippen molar-refractivity contribution in [3.8, 4) is 0 Å². The molecule has 1 aromatic carbocycles. The van der Waals surface area contributed by atoms with Crippen LogP contribution in [0.2, 0.25) is 0 Å². The van der Waals surface area contributed by atoms with Crippen LogP contribution < -0.4 is 5.32 Å². The van der Waals surface area contributed by atoms with Gasteiger partial charge in [-0.1, -0.05) is 39.3 Å². The molecule has 3 heteroatoms. The lowest BCUT2D eigenvalue weighted by molar-refractivity contribution is -0.127. The summed E-state index contributed by atoms with van der Waals surface area (Å²) in [5.74, 6) is 0.646. The van der Waals surface area contributed by atoms with Crippen LogP contribution in [0.25, 0.3) is 0 Å². The molecule has 116 valence electrons. The van der Waals surface area contributed by atoms with Crippen molar-refractivity contribution in [1.82, 2.24) is 0 Å². The largest absolute Gasteiger partial charge is 0.396 e. The second-order valence-corrected chi connectivity index (χ2v) is 7.00. The zero-order chi connectivity index (χ0) is 15.5. The van der Waals surface area contributed by atoms with E-state index in [1.165, 1.54) is 6.42 Å². The Kier molecular flexibility index (Phi) is 5.04. The van der Waals surface area contributed by atoms with Gasteiger partial charge in [-0.3, -0.25) is 4.79 Å². The lowest BCUT2D eigenvalue weighted by Gasteiger charge is -2.41. The first-order valence-corrected chi connectivity index (χ1v) is 7.95. The molecule has 21 heavy (non-hydrogen) atoms. The SMILES string of the molecule is CC1CCCC(C)(C)C1C(=O)Nc1ccc(CCO)cc1. The minimum absolute atomic E-state index is 0.0680. The Morgan fingerprint density at radius 2 is 2.00 bits per heavy atom. The molecule has 1 amide bonds. The van der Waals surface area contributed by atoms with Crippen molar-refractivity contribution in [2.24, 2.45) is 17.3 Å². The molecule has 0 heterocycles. The number of carbonyl (C=O) groups is 1. The van der Waals surface area contributed by atoms with Crippen molar-refractivity contribution in [2.75, 3.05) is 11.9 Å². The van der Waals surface area contributed by atoms with Gasteiger partial charge in [0.25, 0.3) is 0 Å². The molecule has 0 radical (unpaired) electrons. The molecule has 1 aliphatic rings. The first kappa shape index (κ1) is 16.0. The summed E-state index contributed by atoms with van der Waals surface area (Å²) in [4.78, 5) is 12.7. The fourth-order valence-corrected chi connectivity index (χ4v) is 3.69. The lowest BCUT2D eigenvalue weighted by Crippen LogP contribution is -2.42. The highest BCUT2D eigenvalue weighted by atomic mass is 16.2. The zero-order valence-corrected chi connectivity index (χ0v) is 13.4. The third kappa shape index (κ3) is 3.85. The smallest absolute Gasteiger partial charge is 0.228 e. The van der Waals surface area contributed by atoms with Crippen LogP contribution >= 0.6 is 0 Å². The van der Waals surface area contributed by atoms with Gasteiger partial charge in [-0.05, 0) is 48.3 Å². The number of carbonyl (C=O) groups excluding carboxylic acids is 1. The molecule has 0 saturated heterocycles. The van der Waals surface area contributed by atoms with Gasteiger partial charge in [-0.25, -0.2) is 0 Å². The highest BCUT2D eigenvalue weighted by Crippen LogP contribution is 2.44. The number of rotatable bonds is 4. The first-order chi connectivity index (χ1) is 9.94. The third-order valence-corrected chi connectivity index (χ3v) is 4.80. The van der Waals surface area contributed by atoms with Gasteiger partial charge in [0.15, 0.2) is 0 Å². The Balaban J connectivity index is 2.06. The van der Waals surface area contributed by atoms with E-state index in [9.17, 15) is 4.79 Å². The number of benzene rings is 1. The maximum Gasteiger partial charge on any atom is 0.228 e. The van der Waals surface area contributed by atoms with Gasteiger partial charge < -0.3 is 10.4 Å². The van der Waals surface area contributed by atoms with E-state index in [0.29, 0.717) is 12.3 Å². The summed E-state index contributed by atoms with van der Waals surface area (Å²) in [5.41, 5.74) is 2.00. The molecule has 0 aromatic heterocycles. The Bertz CT molecular complexity index is 478. The van der Waals surface area contributed by atoms with Gasteiger partial charge in [0.05, 0.1) is 0 Å². The minimum Gasteiger partial charge on any atom is -0.396 e. The van der Waals surface area contributed by atoms with Crippen LogP contribution in [-0.4, -0.2) is 17.6 Å². The van der Waals surface area contributed by atoms with E-state index in [-0.39, 0.29) is 23.8 Å². The molecule has 1 saturated carbocycles. The molecule has 3 nitrogen and oxygen atoms in total. The van der Waals surface area contributed by atoms with Crippen LogP contribution in [0.5, 0.6) is 0 Å². The maximum absolute atomic E-state index is 12.7. The number of nitrogens with one attached hydrogen (secondary N) is 1. The minimum atomic E-state index is 0.0680. The molecule has 2 atom stereocenters. The van der Waals surface area contributed by atoms with Gasteiger partial charge in [-0.2, -0.15) is 0 Å². The number of hydrogen-bond donors (Lipinski definition) is 2. The van der Waals surface area contributed by atoms with Crippen molar-refractivity contribution < 1.29 is 9.90 Å². The number of amides is 1. The molecule has 2 unspecified atom stereocenters. The molecule has 1 aromatic rings. The fraction of sp³-hybridized carbons (Fsp3) is 0.611. The molecule has 1 fully saturated rings. The summed E-state index contributed by atoms with van der Waals surface area (Å²) in [5, 5.41) is 12.0. The van der Waals surface area contributed by atoms with E-state index in [4.69, 9.17) is 5.11 Å². The molecule has 1 aliphatic carbocycles. The van der Waals surface area contributed by atoms with E-state index >= 15 is 0 Å². The van der Waals surface area contributed by atoms with Gasteiger partial charge in [0.2, 0.25) is 5.91 Å². The van der Waals surface area contributed by atoms with E-state index in [2.05, 4.69) is 26.1 Å². The second-order valence-electron chi connectivity index (χ2n) is 7.00. The van der Waals surface area contributed by atoms with Crippen LogP contribution in [0.4, 0.5) is 5.69 Å². The first-order valence-electron chi connectivity index (χ1n) is 7.95. The van der Waals surface area contributed by atoms with Crippen LogP contribution in [0, 0.1) is 17.3 Å². The normalized spacial score (nSPS) is 24.6. The standard InChI is InChI=1S/C18H27NO2/c1-13-5-4-11-18(2,3)16(13)17(21)19-15-8-6-14(7-9-15)10-12-20/h6-9,13,16,20H,4-5,10-12H2,1-3H3,(H,19,21). The summed E-state index contributed by atoms with van der Waals surface area (Å²) in [6, 6.07) is 7.76. The summed E-state index contributed by atoms with van der Waals surface area (Å²) >= 11 is 0. The quantitative estimate of drug-likeness (QED) is 0.889. The number of aliphatic hydroxyl groups excluding tert-OH is 1. The Morgan fingerprint density at radius 1 is 1.33 bits per heavy atom. The Morgan fingerprint density at radius 3 is 2.57 bits per heavy atom. The highest BCUT2D eigenvalue weighted by Gasteiger charge is 2.41. The van der Waals surface area contributed by atoms with E-state index in [1.807, 2.05) is 24.3 Å². The highest BCUT2D eigenvalue weighted by molar-refractivity contribution is 5.93. The van der Waals surface area contributed by atoms with Gasteiger partial charge in [0.1, 0.15) is 0 Å². The zero-order valence-electron chi connectivity index (χ0n) is 13.4. The van der Waals surface area contributed by atoms with Gasteiger partial charge in [0, 0.05) is 18.2 Å².